The van der Waals surface area contributed by atoms with E-state index in [9.17, 15) is 18.1 Å². The van der Waals surface area contributed by atoms with Crippen molar-refractivity contribution in [1.29, 1.82) is 0 Å². The number of hydrogen-bond acceptors (Lipinski definition) is 6. The average Bonchev–Trinajstić information content (AvgIpc) is 2.46. The summed E-state index contributed by atoms with van der Waals surface area (Å²) >= 11 is 0. The Bertz CT molecular complexity index is 422. The van der Waals surface area contributed by atoms with Crippen LogP contribution in [0.5, 0.6) is 0 Å². The highest BCUT2D eigenvalue weighted by molar-refractivity contribution is 7.85. The molecule has 0 amide bonds. The summed E-state index contributed by atoms with van der Waals surface area (Å²) in [5.41, 5.74) is 0. The van der Waals surface area contributed by atoms with Gasteiger partial charge in [-0.2, -0.15) is 8.42 Å². The number of unbranched alkanes of at least 4 members (excludes halogenated alkanes) is 7. The number of hydrogen-bond donors (Lipinski definition) is 1. The van der Waals surface area contributed by atoms with Crippen molar-refractivity contribution in [3.63, 3.8) is 0 Å². The maximum atomic E-state index is 11.7. The number of aliphatic hydroxyl groups is 1. The topological polar surface area (TPSA) is 89.9 Å². The van der Waals surface area contributed by atoms with Gasteiger partial charge >= 0.3 is 0 Å². The summed E-state index contributed by atoms with van der Waals surface area (Å²) < 4.78 is 43.1. The van der Waals surface area contributed by atoms with Gasteiger partial charge in [-0.05, 0) is 26.2 Å². The molecular formula is C15H33O6PS. The molecule has 0 radical (unpaired) electrons. The highest BCUT2D eigenvalue weighted by Gasteiger charge is 2.26. The van der Waals surface area contributed by atoms with Gasteiger partial charge in [-0.15, -0.1) is 0 Å². The van der Waals surface area contributed by atoms with E-state index in [1.165, 1.54) is 0 Å². The molecule has 2 unspecified atom stereocenters. The van der Waals surface area contributed by atoms with Crippen LogP contribution in [-0.2, 0) is 23.4 Å². The minimum Gasteiger partial charge on any atom is -0.380 e. The summed E-state index contributed by atoms with van der Waals surface area (Å²) in [5, 5.41) is 8.57. The van der Waals surface area contributed by atoms with Crippen molar-refractivity contribution >= 4 is 18.1 Å². The van der Waals surface area contributed by atoms with E-state index in [1.54, 1.807) is 13.8 Å². The monoisotopic (exact) mass is 372 g/mol. The lowest BCUT2D eigenvalue weighted by Gasteiger charge is -2.20. The van der Waals surface area contributed by atoms with Crippen LogP contribution >= 0.6 is 8.03 Å². The van der Waals surface area contributed by atoms with Crippen LogP contribution in [0.1, 0.15) is 71.6 Å². The van der Waals surface area contributed by atoms with E-state index in [0.29, 0.717) is 13.0 Å². The normalized spacial score (nSPS) is 16.2. The molecule has 8 heteroatoms. The maximum Gasteiger partial charge on any atom is 0.264 e. The van der Waals surface area contributed by atoms with Crippen molar-refractivity contribution in [2.24, 2.45) is 0 Å². The zero-order chi connectivity index (χ0) is 17.8. The molecule has 0 spiro atoms. The van der Waals surface area contributed by atoms with Crippen LogP contribution in [0.4, 0.5) is 0 Å². The smallest absolute Gasteiger partial charge is 0.264 e. The molecule has 0 aromatic heterocycles. The van der Waals surface area contributed by atoms with Gasteiger partial charge in [-0.1, -0.05) is 45.4 Å². The van der Waals surface area contributed by atoms with E-state index < -0.39 is 23.5 Å². The highest BCUT2D eigenvalue weighted by atomic mass is 32.2. The number of rotatable bonds is 15. The third kappa shape index (κ3) is 14.1. The molecule has 0 aromatic rings. The minimum atomic E-state index is -3.30. The standard InChI is InChI=1S/C15H33O6PS/c1-4-15(2,16)22(17)20-13-11-9-7-5-6-8-10-12-14-21-23(3,18)19/h16,22H,4-14H2,1-3H3. The van der Waals surface area contributed by atoms with Crippen molar-refractivity contribution in [3.8, 4) is 0 Å². The molecule has 0 aliphatic heterocycles. The minimum absolute atomic E-state index is 0.275. The first kappa shape index (κ1) is 23.1. The second-order valence-corrected chi connectivity index (χ2v) is 9.70. The first-order valence-corrected chi connectivity index (χ1v) is 11.6. The van der Waals surface area contributed by atoms with Gasteiger partial charge in [0.05, 0.1) is 19.5 Å². The molecule has 0 saturated carbocycles. The van der Waals surface area contributed by atoms with E-state index in [-0.39, 0.29) is 6.61 Å². The fourth-order valence-corrected chi connectivity index (χ4v) is 3.29. The lowest BCUT2D eigenvalue weighted by Crippen LogP contribution is -2.18. The van der Waals surface area contributed by atoms with E-state index in [2.05, 4.69) is 4.18 Å². The molecule has 2 atom stereocenters. The fourth-order valence-electron chi connectivity index (χ4n) is 1.94. The zero-order valence-electron chi connectivity index (χ0n) is 14.7. The Morgan fingerprint density at radius 3 is 1.83 bits per heavy atom. The quantitative estimate of drug-likeness (QED) is 0.268. The summed E-state index contributed by atoms with van der Waals surface area (Å²) in [6.45, 7) is 4.06. The van der Waals surface area contributed by atoms with Crippen LogP contribution in [0.25, 0.3) is 0 Å². The Morgan fingerprint density at radius 1 is 0.957 bits per heavy atom. The van der Waals surface area contributed by atoms with Crippen LogP contribution in [0.15, 0.2) is 0 Å². The molecule has 0 aromatic carbocycles. The summed E-state index contributed by atoms with van der Waals surface area (Å²) in [6, 6.07) is 0. The van der Waals surface area contributed by atoms with Crippen LogP contribution in [0.3, 0.4) is 0 Å². The van der Waals surface area contributed by atoms with Gasteiger partial charge < -0.3 is 9.63 Å². The van der Waals surface area contributed by atoms with Crippen LogP contribution < -0.4 is 0 Å². The largest absolute Gasteiger partial charge is 0.380 e. The third-order valence-corrected chi connectivity index (χ3v) is 5.99. The zero-order valence-corrected chi connectivity index (χ0v) is 16.5. The molecule has 6 nitrogen and oxygen atoms in total. The summed E-state index contributed by atoms with van der Waals surface area (Å²) in [5.74, 6) is 0. The van der Waals surface area contributed by atoms with Gasteiger partial charge in [0.25, 0.3) is 10.1 Å². The maximum absolute atomic E-state index is 11.7. The molecule has 0 aliphatic rings. The molecule has 0 fully saturated rings. The van der Waals surface area contributed by atoms with Gasteiger partial charge in [0.15, 0.2) is 0 Å². The van der Waals surface area contributed by atoms with Gasteiger partial charge in [0, 0.05) is 0 Å². The van der Waals surface area contributed by atoms with Crippen molar-refractivity contribution < 1.29 is 26.8 Å². The molecule has 1 N–H and O–H groups in total. The van der Waals surface area contributed by atoms with Crippen LogP contribution in [-0.4, -0.2) is 38.3 Å². The van der Waals surface area contributed by atoms with E-state index in [1.807, 2.05) is 0 Å². The average molecular weight is 372 g/mol. The predicted octanol–water partition coefficient (Wildman–Crippen LogP) is 3.69. The van der Waals surface area contributed by atoms with Crippen molar-refractivity contribution in [2.75, 3.05) is 19.5 Å². The molecule has 0 aliphatic carbocycles. The molecule has 23 heavy (non-hydrogen) atoms. The first-order chi connectivity index (χ1) is 10.7. The fraction of sp³-hybridized carbons (Fsp3) is 1.00. The van der Waals surface area contributed by atoms with Crippen molar-refractivity contribution in [3.05, 3.63) is 0 Å². The summed E-state index contributed by atoms with van der Waals surface area (Å²) in [7, 11) is -5.69. The molecule has 140 valence electrons. The van der Waals surface area contributed by atoms with E-state index >= 15 is 0 Å². The van der Waals surface area contributed by atoms with E-state index in [4.69, 9.17) is 4.52 Å². The Balaban J connectivity index is 3.33. The van der Waals surface area contributed by atoms with E-state index in [0.717, 1.165) is 57.6 Å². The molecule has 0 bridgehead atoms. The summed E-state index contributed by atoms with van der Waals surface area (Å²) in [6.07, 6.45) is 9.58. The lowest BCUT2D eigenvalue weighted by molar-refractivity contribution is 0.121. The van der Waals surface area contributed by atoms with Crippen molar-refractivity contribution in [1.82, 2.24) is 0 Å². The predicted molar refractivity (Wildman–Crippen MR) is 93.6 cm³/mol. The van der Waals surface area contributed by atoms with Crippen molar-refractivity contribution in [2.45, 2.75) is 77.0 Å². The van der Waals surface area contributed by atoms with Crippen LogP contribution in [0.2, 0.25) is 0 Å². The highest BCUT2D eigenvalue weighted by Crippen LogP contribution is 2.40. The first-order valence-electron chi connectivity index (χ1n) is 8.43. The van der Waals surface area contributed by atoms with Gasteiger partial charge in [0.2, 0.25) is 8.03 Å². The third-order valence-electron chi connectivity index (χ3n) is 3.70. The second-order valence-electron chi connectivity index (χ2n) is 6.12. The van der Waals surface area contributed by atoms with Gasteiger partial charge in [-0.3, -0.25) is 8.75 Å². The molecular weight excluding hydrogens is 339 g/mol. The second kappa shape index (κ2) is 12.4. The Morgan fingerprint density at radius 2 is 1.39 bits per heavy atom. The Hall–Kier alpha value is 0.0600. The van der Waals surface area contributed by atoms with Gasteiger partial charge in [0.1, 0.15) is 5.34 Å². The Kier molecular flexibility index (Phi) is 12.5. The molecule has 0 saturated heterocycles. The van der Waals surface area contributed by atoms with Gasteiger partial charge in [-0.25, -0.2) is 0 Å². The summed E-state index contributed by atoms with van der Waals surface area (Å²) in [4.78, 5) is 0. The lowest BCUT2D eigenvalue weighted by atomic mass is 10.1. The SMILES string of the molecule is CCC(C)(O)[PH](=O)OCCCCCCCCCCOS(C)(=O)=O. The molecule has 0 rings (SSSR count). The van der Waals surface area contributed by atoms with Crippen LogP contribution in [0, 0.1) is 0 Å². The molecule has 0 heterocycles. The Labute approximate surface area is 141 Å².